The normalized spacial score (nSPS) is 15.2. The molecule has 5 aromatic rings. The summed E-state index contributed by atoms with van der Waals surface area (Å²) in [6, 6.07) is 22.1. The van der Waals surface area contributed by atoms with Gasteiger partial charge in [0.05, 0.1) is 24.6 Å². The van der Waals surface area contributed by atoms with Gasteiger partial charge in [-0.2, -0.15) is 0 Å². The van der Waals surface area contributed by atoms with E-state index in [1.54, 1.807) is 18.4 Å². The van der Waals surface area contributed by atoms with Gasteiger partial charge in [0.2, 0.25) is 0 Å². The molecule has 0 aliphatic carbocycles. The van der Waals surface area contributed by atoms with Crippen molar-refractivity contribution in [2.24, 2.45) is 0 Å². The Morgan fingerprint density at radius 3 is 2.84 bits per heavy atom. The van der Waals surface area contributed by atoms with E-state index in [4.69, 9.17) is 14.5 Å². The number of anilines is 1. The molecule has 2 aromatic heterocycles. The predicted molar refractivity (Wildman–Crippen MR) is 152 cm³/mol. The maximum absolute atomic E-state index is 13.4. The Hall–Kier alpha value is -3.88. The average Bonchev–Trinajstić information content (AvgIpc) is 3.70. The minimum absolute atomic E-state index is 0.0636. The van der Waals surface area contributed by atoms with Crippen LogP contribution in [0.25, 0.3) is 27.0 Å². The van der Waals surface area contributed by atoms with Crippen molar-refractivity contribution in [3.8, 4) is 17.0 Å². The van der Waals surface area contributed by atoms with Crippen LogP contribution in [0.5, 0.6) is 5.75 Å². The Balaban J connectivity index is 1.21. The zero-order valence-corrected chi connectivity index (χ0v) is 22.1. The summed E-state index contributed by atoms with van der Waals surface area (Å²) in [5.74, 6) is 0.636. The number of hydrogen-bond acceptors (Lipinski definition) is 5. The first-order valence-electron chi connectivity index (χ1n) is 12.9. The standard InChI is InChI=1S/C30H30N4O3S/c1-36-28-11-5-4-10-26(28)31-29(35)33(18-25-9-6-16-37-25)15-14-24-20-38-30-32-27(19-34(24)30)23-13-12-21-7-2-3-8-22(21)17-23/h2-5,7-8,10-13,17,19-20,25H,6,9,14-16,18H2,1H3,(H,31,35). The fourth-order valence-electron chi connectivity index (χ4n) is 5.00. The molecule has 1 saturated heterocycles. The van der Waals surface area contributed by atoms with Crippen molar-refractivity contribution in [2.45, 2.75) is 25.4 Å². The lowest BCUT2D eigenvalue weighted by molar-refractivity contribution is 0.0838. The van der Waals surface area contributed by atoms with Crippen LogP contribution in [0, 0.1) is 0 Å². The number of aromatic nitrogens is 2. The SMILES string of the molecule is COc1ccccc1NC(=O)N(CCc1csc2nc(-c3ccc4ccccc4c3)cn12)CC1CCCO1. The molecule has 3 heterocycles. The number of rotatable bonds is 8. The number of carbonyl (C=O) groups is 1. The summed E-state index contributed by atoms with van der Waals surface area (Å²) in [6.45, 7) is 1.88. The largest absolute Gasteiger partial charge is 0.495 e. The molecule has 1 aliphatic rings. The number of benzene rings is 3. The molecule has 0 saturated carbocycles. The number of nitrogens with one attached hydrogen (secondary N) is 1. The first kappa shape index (κ1) is 24.5. The second-order valence-electron chi connectivity index (χ2n) is 9.53. The number of thiazole rings is 1. The van der Waals surface area contributed by atoms with Crippen LogP contribution in [0.1, 0.15) is 18.5 Å². The highest BCUT2D eigenvalue weighted by molar-refractivity contribution is 7.15. The topological polar surface area (TPSA) is 68.1 Å². The first-order valence-corrected chi connectivity index (χ1v) is 13.8. The van der Waals surface area contributed by atoms with E-state index in [2.05, 4.69) is 63.8 Å². The van der Waals surface area contributed by atoms with E-state index in [1.165, 1.54) is 10.8 Å². The number of ether oxygens (including phenoxy) is 2. The minimum Gasteiger partial charge on any atom is -0.495 e. The highest BCUT2D eigenvalue weighted by Crippen LogP contribution is 2.28. The number of para-hydroxylation sites is 2. The van der Waals surface area contributed by atoms with Crippen molar-refractivity contribution in [3.63, 3.8) is 0 Å². The molecule has 1 aliphatic heterocycles. The van der Waals surface area contributed by atoms with Crippen molar-refractivity contribution >= 4 is 38.8 Å². The van der Waals surface area contributed by atoms with E-state index in [0.717, 1.165) is 41.4 Å². The van der Waals surface area contributed by atoms with Crippen LogP contribution in [-0.2, 0) is 11.2 Å². The summed E-state index contributed by atoms with van der Waals surface area (Å²) < 4.78 is 13.4. The summed E-state index contributed by atoms with van der Waals surface area (Å²) in [5.41, 5.74) is 3.84. The molecule has 8 heteroatoms. The monoisotopic (exact) mass is 526 g/mol. The predicted octanol–water partition coefficient (Wildman–Crippen LogP) is 6.48. The first-order chi connectivity index (χ1) is 18.7. The summed E-state index contributed by atoms with van der Waals surface area (Å²) in [6.07, 6.45) is 4.88. The number of hydrogen-bond donors (Lipinski definition) is 1. The molecule has 1 atom stereocenters. The van der Waals surface area contributed by atoms with Crippen LogP contribution in [0.2, 0.25) is 0 Å². The number of nitrogens with zero attached hydrogens (tertiary/aromatic N) is 3. The van der Waals surface area contributed by atoms with Gasteiger partial charge in [0.25, 0.3) is 0 Å². The Morgan fingerprint density at radius 2 is 2.00 bits per heavy atom. The van der Waals surface area contributed by atoms with E-state index in [1.807, 2.05) is 29.2 Å². The molecule has 0 bridgehead atoms. The summed E-state index contributed by atoms with van der Waals surface area (Å²) in [7, 11) is 1.61. The second-order valence-corrected chi connectivity index (χ2v) is 10.4. The van der Waals surface area contributed by atoms with Crippen LogP contribution >= 0.6 is 11.3 Å². The second kappa shape index (κ2) is 10.8. The smallest absolute Gasteiger partial charge is 0.322 e. The molecule has 7 nitrogen and oxygen atoms in total. The molecule has 0 spiro atoms. The van der Waals surface area contributed by atoms with Gasteiger partial charge in [-0.25, -0.2) is 9.78 Å². The van der Waals surface area contributed by atoms with Crippen molar-refractivity contribution in [1.29, 1.82) is 0 Å². The van der Waals surface area contributed by atoms with E-state index in [0.29, 0.717) is 30.9 Å². The Kier molecular flexibility index (Phi) is 6.98. The van der Waals surface area contributed by atoms with Gasteiger partial charge < -0.3 is 19.7 Å². The van der Waals surface area contributed by atoms with Crippen molar-refractivity contribution in [2.75, 3.05) is 32.1 Å². The maximum Gasteiger partial charge on any atom is 0.322 e. The van der Waals surface area contributed by atoms with E-state index < -0.39 is 0 Å². The van der Waals surface area contributed by atoms with Gasteiger partial charge in [0.1, 0.15) is 5.75 Å². The van der Waals surface area contributed by atoms with Gasteiger partial charge in [-0.15, -0.1) is 11.3 Å². The van der Waals surface area contributed by atoms with Gasteiger partial charge in [-0.3, -0.25) is 4.40 Å². The van der Waals surface area contributed by atoms with Crippen molar-refractivity contribution in [3.05, 3.63) is 84.0 Å². The maximum atomic E-state index is 13.4. The Bertz CT molecular complexity index is 1570. The van der Waals surface area contributed by atoms with Crippen molar-refractivity contribution < 1.29 is 14.3 Å². The zero-order valence-electron chi connectivity index (χ0n) is 21.3. The third-order valence-corrected chi connectivity index (χ3v) is 7.94. The number of methoxy groups -OCH3 is 1. The van der Waals surface area contributed by atoms with Crippen molar-refractivity contribution in [1.82, 2.24) is 14.3 Å². The molecule has 1 N–H and O–H groups in total. The van der Waals surface area contributed by atoms with Crippen LogP contribution in [0.15, 0.2) is 78.3 Å². The van der Waals surface area contributed by atoms with Crippen LogP contribution < -0.4 is 10.1 Å². The lowest BCUT2D eigenvalue weighted by Crippen LogP contribution is -2.41. The van der Waals surface area contributed by atoms with Gasteiger partial charge in [0, 0.05) is 49.0 Å². The zero-order chi connectivity index (χ0) is 25.9. The van der Waals surface area contributed by atoms with Gasteiger partial charge >= 0.3 is 6.03 Å². The molecule has 1 unspecified atom stereocenters. The molecule has 3 aromatic carbocycles. The summed E-state index contributed by atoms with van der Waals surface area (Å²) >= 11 is 1.63. The van der Waals surface area contributed by atoms with Crippen LogP contribution in [-0.4, -0.2) is 53.2 Å². The number of amides is 2. The average molecular weight is 527 g/mol. The van der Waals surface area contributed by atoms with Gasteiger partial charge in [0.15, 0.2) is 4.96 Å². The summed E-state index contributed by atoms with van der Waals surface area (Å²) in [4.78, 5) is 21.1. The van der Waals surface area contributed by atoms with Gasteiger partial charge in [-0.1, -0.05) is 48.5 Å². The fraction of sp³-hybridized carbons (Fsp3) is 0.267. The molecule has 0 radical (unpaired) electrons. The number of urea groups is 1. The fourth-order valence-corrected chi connectivity index (χ4v) is 5.91. The minimum atomic E-state index is -0.154. The molecule has 6 rings (SSSR count). The summed E-state index contributed by atoms with van der Waals surface area (Å²) in [5, 5.41) is 7.59. The Labute approximate surface area is 225 Å². The molecule has 1 fully saturated rings. The van der Waals surface area contributed by atoms with Crippen LogP contribution in [0.3, 0.4) is 0 Å². The lowest BCUT2D eigenvalue weighted by Gasteiger charge is -2.26. The third-order valence-electron chi connectivity index (χ3n) is 7.05. The molecular formula is C30H30N4O3S. The third kappa shape index (κ3) is 5.10. The highest BCUT2D eigenvalue weighted by Gasteiger charge is 2.24. The van der Waals surface area contributed by atoms with Crippen LogP contribution in [0.4, 0.5) is 10.5 Å². The number of imidazole rings is 1. The van der Waals surface area contributed by atoms with Gasteiger partial charge in [-0.05, 0) is 41.8 Å². The quantitative estimate of drug-likeness (QED) is 0.251. The van der Waals surface area contributed by atoms with E-state index >= 15 is 0 Å². The Morgan fingerprint density at radius 1 is 1.16 bits per heavy atom. The number of fused-ring (bicyclic) bond motifs is 2. The molecule has 2 amide bonds. The molecule has 194 valence electrons. The van der Waals surface area contributed by atoms with E-state index in [9.17, 15) is 4.79 Å². The molecule has 38 heavy (non-hydrogen) atoms. The molecular weight excluding hydrogens is 496 g/mol. The number of carbonyl (C=O) groups excluding carboxylic acids is 1. The lowest BCUT2D eigenvalue weighted by atomic mass is 10.1. The van der Waals surface area contributed by atoms with E-state index in [-0.39, 0.29) is 12.1 Å². The highest BCUT2D eigenvalue weighted by atomic mass is 32.1.